The van der Waals surface area contributed by atoms with Gasteiger partial charge < -0.3 is 10.2 Å². The minimum Gasteiger partial charge on any atom is -0.357 e. The summed E-state index contributed by atoms with van der Waals surface area (Å²) in [7, 11) is 0. The van der Waals surface area contributed by atoms with E-state index in [-0.39, 0.29) is 0 Å². The van der Waals surface area contributed by atoms with Crippen LogP contribution >= 0.6 is 0 Å². The van der Waals surface area contributed by atoms with Crippen molar-refractivity contribution in [1.29, 1.82) is 0 Å². The van der Waals surface area contributed by atoms with Crippen molar-refractivity contribution in [3.63, 3.8) is 0 Å². The van der Waals surface area contributed by atoms with E-state index >= 15 is 0 Å². The number of rotatable bonds is 3. The lowest BCUT2D eigenvalue weighted by Crippen LogP contribution is -2.56. The van der Waals surface area contributed by atoms with Gasteiger partial charge in [0.1, 0.15) is 0 Å². The fourth-order valence-electron chi connectivity index (χ4n) is 0.452. The van der Waals surface area contributed by atoms with Crippen molar-refractivity contribution in [1.82, 2.24) is 0 Å². The summed E-state index contributed by atoms with van der Waals surface area (Å²) < 4.78 is 59.6. The summed E-state index contributed by atoms with van der Waals surface area (Å²) in [5.74, 6) is -9.92. The summed E-state index contributed by atoms with van der Waals surface area (Å²) in [4.78, 5) is 0. The van der Waals surface area contributed by atoms with Crippen LogP contribution in [0, 0.1) is 0 Å². The Bertz CT molecular complexity index is 162. The van der Waals surface area contributed by atoms with Gasteiger partial charge in [0.25, 0.3) is 5.85 Å². The highest BCUT2D eigenvalue weighted by Gasteiger charge is 2.69. The average Bonchev–Trinajstić information content (AvgIpc) is 1.85. The molecule has 0 aliphatic carbocycles. The molecule has 0 saturated heterocycles. The van der Waals surface area contributed by atoms with Gasteiger partial charge >= 0.3 is 12.0 Å². The second kappa shape index (κ2) is 2.81. The number of alkyl halides is 5. The molecule has 1 atom stereocenters. The monoisotopic (exact) mass is 194 g/mol. The normalized spacial score (nSPS) is 19.0. The molecule has 0 spiro atoms. The molecule has 0 saturated carbocycles. The first-order chi connectivity index (χ1) is 5.06. The molecule has 0 radical (unpaired) electrons. The molecule has 0 bridgehead atoms. The van der Waals surface area contributed by atoms with E-state index in [2.05, 4.69) is 0 Å². The largest absolute Gasteiger partial charge is 0.422 e. The standard InChI is InChI=1S/C5H7F5O2/c1-2-3(6,11)4(7,8)5(9,10)12/h11-12H,2H2,1H3. The third-order valence-corrected chi connectivity index (χ3v) is 1.33. The van der Waals surface area contributed by atoms with E-state index in [0.29, 0.717) is 0 Å². The SMILES string of the molecule is CCC(O)(F)C(F)(F)C(O)(F)F. The van der Waals surface area contributed by atoms with Crippen molar-refractivity contribution in [3.05, 3.63) is 0 Å². The smallest absolute Gasteiger partial charge is 0.357 e. The molecule has 0 heterocycles. The number of hydrogen-bond acceptors (Lipinski definition) is 2. The van der Waals surface area contributed by atoms with E-state index in [0.717, 1.165) is 6.92 Å². The van der Waals surface area contributed by atoms with Gasteiger partial charge in [-0.2, -0.15) is 17.6 Å². The Balaban J connectivity index is 4.85. The molecule has 0 aliphatic heterocycles. The predicted octanol–water partition coefficient (Wildman–Crippen LogP) is 1.27. The van der Waals surface area contributed by atoms with Crippen LogP contribution < -0.4 is 0 Å². The van der Waals surface area contributed by atoms with Crippen molar-refractivity contribution in [2.24, 2.45) is 0 Å². The summed E-state index contributed by atoms with van der Waals surface area (Å²) in [5.41, 5.74) is 0. The molecule has 0 aromatic carbocycles. The summed E-state index contributed by atoms with van der Waals surface area (Å²) >= 11 is 0. The van der Waals surface area contributed by atoms with E-state index in [1.165, 1.54) is 0 Å². The van der Waals surface area contributed by atoms with E-state index in [4.69, 9.17) is 10.2 Å². The molecule has 12 heavy (non-hydrogen) atoms. The van der Waals surface area contributed by atoms with Crippen molar-refractivity contribution in [2.45, 2.75) is 31.2 Å². The number of halogens is 5. The second-order valence-corrected chi connectivity index (χ2v) is 2.23. The van der Waals surface area contributed by atoms with Crippen molar-refractivity contribution < 1.29 is 32.2 Å². The van der Waals surface area contributed by atoms with Crippen LogP contribution in [0.5, 0.6) is 0 Å². The lowest BCUT2D eigenvalue weighted by molar-refractivity contribution is -0.399. The molecule has 0 aromatic heterocycles. The topological polar surface area (TPSA) is 40.5 Å². The average molecular weight is 194 g/mol. The Morgan fingerprint density at radius 3 is 1.42 bits per heavy atom. The van der Waals surface area contributed by atoms with Gasteiger partial charge in [0, 0.05) is 6.42 Å². The number of hydrogen-bond donors (Lipinski definition) is 2. The van der Waals surface area contributed by atoms with E-state index in [1.807, 2.05) is 0 Å². The van der Waals surface area contributed by atoms with Crippen molar-refractivity contribution >= 4 is 0 Å². The first-order valence-electron chi connectivity index (χ1n) is 2.95. The quantitative estimate of drug-likeness (QED) is 0.664. The highest BCUT2D eigenvalue weighted by Crippen LogP contribution is 2.43. The van der Waals surface area contributed by atoms with Crippen LogP contribution in [0.3, 0.4) is 0 Å². The first-order valence-corrected chi connectivity index (χ1v) is 2.95. The molecule has 2 nitrogen and oxygen atoms in total. The number of aliphatic hydroxyl groups is 2. The van der Waals surface area contributed by atoms with Crippen molar-refractivity contribution in [3.8, 4) is 0 Å². The molecular weight excluding hydrogens is 187 g/mol. The van der Waals surface area contributed by atoms with Gasteiger partial charge in [0.05, 0.1) is 0 Å². The minimum atomic E-state index is -5.58. The van der Waals surface area contributed by atoms with Gasteiger partial charge in [-0.3, -0.25) is 0 Å². The molecule has 1 unspecified atom stereocenters. The van der Waals surface area contributed by atoms with Crippen LogP contribution in [-0.2, 0) is 0 Å². The van der Waals surface area contributed by atoms with Gasteiger partial charge in [-0.05, 0) is 0 Å². The van der Waals surface area contributed by atoms with Crippen LogP contribution in [0.15, 0.2) is 0 Å². The maximum absolute atomic E-state index is 12.3. The van der Waals surface area contributed by atoms with Crippen LogP contribution in [0.4, 0.5) is 22.0 Å². The highest BCUT2D eigenvalue weighted by molar-refractivity contribution is 4.88. The Kier molecular flexibility index (Phi) is 2.71. The van der Waals surface area contributed by atoms with E-state index < -0.39 is 24.3 Å². The summed E-state index contributed by atoms with van der Waals surface area (Å²) in [5, 5.41) is 15.7. The van der Waals surface area contributed by atoms with E-state index in [9.17, 15) is 22.0 Å². The lowest BCUT2D eigenvalue weighted by atomic mass is 10.1. The Hall–Kier alpha value is -0.430. The first kappa shape index (κ1) is 11.6. The second-order valence-electron chi connectivity index (χ2n) is 2.23. The summed E-state index contributed by atoms with van der Waals surface area (Å²) in [6.45, 7) is 0.736. The molecule has 0 aromatic rings. The van der Waals surface area contributed by atoms with E-state index in [1.54, 1.807) is 0 Å². The fourth-order valence-corrected chi connectivity index (χ4v) is 0.452. The Morgan fingerprint density at radius 1 is 1.00 bits per heavy atom. The van der Waals surface area contributed by atoms with Crippen LogP contribution in [0.2, 0.25) is 0 Å². The summed E-state index contributed by atoms with van der Waals surface area (Å²) in [6, 6.07) is 0. The molecule has 0 amide bonds. The Labute approximate surface area is 64.6 Å². The molecule has 7 heteroatoms. The molecule has 0 fully saturated rings. The molecular formula is C5H7F5O2. The maximum atomic E-state index is 12.3. The third kappa shape index (κ3) is 1.66. The van der Waals surface area contributed by atoms with Gasteiger partial charge in [0.15, 0.2) is 0 Å². The minimum absolute atomic E-state index is 0.736. The molecule has 0 aliphatic rings. The zero-order valence-electron chi connectivity index (χ0n) is 5.99. The molecule has 74 valence electrons. The van der Waals surface area contributed by atoms with Gasteiger partial charge in [-0.1, -0.05) is 6.92 Å². The maximum Gasteiger partial charge on any atom is 0.422 e. The highest BCUT2D eigenvalue weighted by atomic mass is 19.3. The molecule has 2 N–H and O–H groups in total. The van der Waals surface area contributed by atoms with Crippen molar-refractivity contribution in [2.75, 3.05) is 0 Å². The fraction of sp³-hybridized carbons (Fsp3) is 1.00. The Morgan fingerprint density at radius 2 is 1.33 bits per heavy atom. The lowest BCUT2D eigenvalue weighted by Gasteiger charge is -2.30. The summed E-state index contributed by atoms with van der Waals surface area (Å²) in [6.07, 6.45) is -6.83. The predicted molar refractivity (Wildman–Crippen MR) is 28.5 cm³/mol. The third-order valence-electron chi connectivity index (χ3n) is 1.33. The molecule has 0 rings (SSSR count). The zero-order valence-corrected chi connectivity index (χ0v) is 5.99. The van der Waals surface area contributed by atoms with Crippen LogP contribution in [0.1, 0.15) is 13.3 Å². The van der Waals surface area contributed by atoms with Gasteiger partial charge in [0.2, 0.25) is 0 Å². The zero-order chi connectivity index (χ0) is 10.2. The van der Waals surface area contributed by atoms with Gasteiger partial charge in [-0.15, -0.1) is 0 Å². The van der Waals surface area contributed by atoms with Crippen LogP contribution in [-0.4, -0.2) is 28.1 Å². The van der Waals surface area contributed by atoms with Gasteiger partial charge in [-0.25, -0.2) is 4.39 Å². The van der Waals surface area contributed by atoms with Crippen LogP contribution in [0.25, 0.3) is 0 Å².